The monoisotopic (exact) mass is 529 g/mol. The van der Waals surface area contributed by atoms with E-state index in [4.69, 9.17) is 22.3 Å². The summed E-state index contributed by atoms with van der Waals surface area (Å²) in [5, 5.41) is 25.9. The second-order valence-electron chi connectivity index (χ2n) is 9.77. The van der Waals surface area contributed by atoms with E-state index in [0.29, 0.717) is 12.8 Å². The molecule has 11 N–H and O–H groups in total. The summed E-state index contributed by atoms with van der Waals surface area (Å²) in [5.74, 6) is -4.67. The second-order valence-corrected chi connectivity index (χ2v) is 9.77. The molecule has 37 heavy (non-hydrogen) atoms. The Balaban J connectivity index is 5.69. The number of nitrogens with two attached hydrogens (primary N) is 3. The van der Waals surface area contributed by atoms with E-state index in [1.807, 2.05) is 13.8 Å². The van der Waals surface area contributed by atoms with E-state index < -0.39 is 60.2 Å². The van der Waals surface area contributed by atoms with Gasteiger partial charge < -0.3 is 43.4 Å². The lowest BCUT2D eigenvalue weighted by Crippen LogP contribution is -2.57. The van der Waals surface area contributed by atoms with Gasteiger partial charge in [-0.1, -0.05) is 27.7 Å². The van der Waals surface area contributed by atoms with E-state index in [9.17, 15) is 29.1 Å². The third kappa shape index (κ3) is 15.3. The van der Waals surface area contributed by atoms with Crippen molar-refractivity contribution >= 4 is 35.6 Å². The maximum atomic E-state index is 13.1. The van der Waals surface area contributed by atoms with Crippen LogP contribution in [0.5, 0.6) is 0 Å². The molecule has 0 saturated heterocycles. The largest absolute Gasteiger partial charge is 0.481 e. The molecule has 0 rings (SSSR count). The van der Waals surface area contributed by atoms with Crippen LogP contribution in [0.15, 0.2) is 4.99 Å². The van der Waals surface area contributed by atoms with Gasteiger partial charge in [-0.2, -0.15) is 0 Å². The SMILES string of the molecule is CC(C)CC(N)C(=O)NC(CCCN=C(N)N)C(=O)NC(CCC(=O)O)C(=O)NC(CC(C)C)C(=O)O. The number of hydrogen-bond donors (Lipinski definition) is 8. The lowest BCUT2D eigenvalue weighted by Gasteiger charge is -2.25. The first-order valence-corrected chi connectivity index (χ1v) is 12.3. The fraction of sp³-hybridized carbons (Fsp3) is 0.739. The molecule has 0 bridgehead atoms. The Labute approximate surface area is 217 Å². The van der Waals surface area contributed by atoms with E-state index in [2.05, 4.69) is 20.9 Å². The van der Waals surface area contributed by atoms with Crippen LogP contribution in [0.4, 0.5) is 0 Å². The maximum Gasteiger partial charge on any atom is 0.326 e. The van der Waals surface area contributed by atoms with Gasteiger partial charge in [0.1, 0.15) is 18.1 Å². The highest BCUT2D eigenvalue weighted by molar-refractivity contribution is 5.94. The van der Waals surface area contributed by atoms with Gasteiger partial charge in [0.05, 0.1) is 6.04 Å². The number of hydrogen-bond acceptors (Lipinski definition) is 7. The molecule has 0 spiro atoms. The molecule has 0 saturated carbocycles. The van der Waals surface area contributed by atoms with E-state index >= 15 is 0 Å². The molecule has 0 aromatic heterocycles. The minimum Gasteiger partial charge on any atom is -0.481 e. The molecule has 212 valence electrons. The van der Waals surface area contributed by atoms with Crippen LogP contribution in [-0.4, -0.2) is 76.5 Å². The van der Waals surface area contributed by atoms with Crippen LogP contribution in [0, 0.1) is 11.8 Å². The highest BCUT2D eigenvalue weighted by Gasteiger charge is 2.30. The summed E-state index contributed by atoms with van der Waals surface area (Å²) in [6.07, 6.45) is 0.171. The number of amides is 3. The Bertz CT molecular complexity index is 813. The third-order valence-corrected chi connectivity index (χ3v) is 5.24. The quantitative estimate of drug-likeness (QED) is 0.0601. The molecule has 4 atom stereocenters. The Morgan fingerprint density at radius 3 is 1.70 bits per heavy atom. The van der Waals surface area contributed by atoms with Crippen molar-refractivity contribution in [3.05, 3.63) is 0 Å². The van der Waals surface area contributed by atoms with Crippen LogP contribution in [-0.2, 0) is 24.0 Å². The highest BCUT2D eigenvalue weighted by atomic mass is 16.4. The lowest BCUT2D eigenvalue weighted by atomic mass is 10.0. The van der Waals surface area contributed by atoms with E-state index in [1.165, 1.54) is 0 Å². The minimum absolute atomic E-state index is 0.0479. The maximum absolute atomic E-state index is 13.1. The minimum atomic E-state index is -1.35. The van der Waals surface area contributed by atoms with Crippen molar-refractivity contribution in [2.45, 2.75) is 90.4 Å². The van der Waals surface area contributed by atoms with E-state index in [-0.39, 0.29) is 43.6 Å². The van der Waals surface area contributed by atoms with Crippen molar-refractivity contribution in [2.75, 3.05) is 6.54 Å². The first-order valence-electron chi connectivity index (χ1n) is 12.3. The summed E-state index contributed by atoms with van der Waals surface area (Å²) in [6, 6.07) is -4.56. The van der Waals surface area contributed by atoms with Gasteiger partial charge in [-0.05, 0) is 43.9 Å². The predicted octanol–water partition coefficient (Wildman–Crippen LogP) is -1.14. The number of rotatable bonds is 18. The second kappa shape index (κ2) is 17.1. The standard InChI is InChI=1S/C23H43N7O7/c1-12(2)10-14(24)19(33)28-15(6-5-9-27-23(25)26)20(34)29-16(7-8-18(31)32)21(35)30-17(22(36)37)11-13(3)4/h12-17H,5-11,24H2,1-4H3,(H,28,33)(H,29,34)(H,30,35)(H,31,32)(H,36,37)(H4,25,26,27). The summed E-state index contributed by atoms with van der Waals surface area (Å²) in [7, 11) is 0. The molecule has 0 heterocycles. The number of aliphatic carboxylic acids is 2. The number of carboxylic acids is 2. The number of guanidine groups is 1. The summed E-state index contributed by atoms with van der Waals surface area (Å²) in [6.45, 7) is 7.53. The first-order chi connectivity index (χ1) is 17.1. The van der Waals surface area contributed by atoms with Crippen LogP contribution in [0.1, 0.15) is 66.2 Å². The number of carbonyl (C=O) groups excluding carboxylic acids is 3. The molecular weight excluding hydrogens is 486 g/mol. The Morgan fingerprint density at radius 1 is 0.757 bits per heavy atom. The van der Waals surface area contributed by atoms with Crippen LogP contribution >= 0.6 is 0 Å². The van der Waals surface area contributed by atoms with Gasteiger partial charge in [0, 0.05) is 13.0 Å². The molecule has 0 aromatic rings. The fourth-order valence-electron chi connectivity index (χ4n) is 3.44. The van der Waals surface area contributed by atoms with Crippen molar-refractivity contribution < 1.29 is 34.2 Å². The van der Waals surface area contributed by atoms with Gasteiger partial charge in [0.15, 0.2) is 5.96 Å². The van der Waals surface area contributed by atoms with Crippen molar-refractivity contribution in [3.8, 4) is 0 Å². The van der Waals surface area contributed by atoms with Crippen LogP contribution in [0.3, 0.4) is 0 Å². The molecule has 0 aliphatic heterocycles. The van der Waals surface area contributed by atoms with Gasteiger partial charge in [-0.15, -0.1) is 0 Å². The summed E-state index contributed by atoms with van der Waals surface area (Å²) < 4.78 is 0. The first kappa shape index (κ1) is 33.6. The molecule has 4 unspecified atom stereocenters. The topological polar surface area (TPSA) is 252 Å². The van der Waals surface area contributed by atoms with Crippen molar-refractivity contribution in [2.24, 2.45) is 34.0 Å². The number of aliphatic imine (C=N–C) groups is 1. The molecule has 3 amide bonds. The normalized spacial score (nSPS) is 14.2. The zero-order valence-corrected chi connectivity index (χ0v) is 22.0. The van der Waals surface area contributed by atoms with Gasteiger partial charge >= 0.3 is 11.9 Å². The number of nitrogens with zero attached hydrogens (tertiary/aromatic N) is 1. The Hall–Kier alpha value is -3.42. The van der Waals surface area contributed by atoms with Crippen LogP contribution in [0.25, 0.3) is 0 Å². The summed E-state index contributed by atoms with van der Waals surface area (Å²) >= 11 is 0. The van der Waals surface area contributed by atoms with Crippen molar-refractivity contribution in [1.82, 2.24) is 16.0 Å². The number of nitrogens with one attached hydrogen (secondary N) is 3. The molecule has 0 aliphatic rings. The van der Waals surface area contributed by atoms with Gasteiger partial charge in [-0.25, -0.2) is 4.79 Å². The molecule has 0 aromatic carbocycles. The molecule has 0 radical (unpaired) electrons. The zero-order chi connectivity index (χ0) is 28.7. The Morgan fingerprint density at radius 2 is 1.24 bits per heavy atom. The molecule has 14 nitrogen and oxygen atoms in total. The van der Waals surface area contributed by atoms with Crippen LogP contribution < -0.4 is 33.2 Å². The fourth-order valence-corrected chi connectivity index (χ4v) is 3.44. The summed E-state index contributed by atoms with van der Waals surface area (Å²) in [5.41, 5.74) is 16.6. The van der Waals surface area contributed by atoms with E-state index in [0.717, 1.165) is 0 Å². The average molecular weight is 530 g/mol. The zero-order valence-electron chi connectivity index (χ0n) is 22.0. The van der Waals surface area contributed by atoms with Crippen LogP contribution in [0.2, 0.25) is 0 Å². The van der Waals surface area contributed by atoms with E-state index in [1.54, 1.807) is 13.8 Å². The number of carbonyl (C=O) groups is 5. The smallest absolute Gasteiger partial charge is 0.326 e. The average Bonchev–Trinajstić information content (AvgIpc) is 2.76. The highest BCUT2D eigenvalue weighted by Crippen LogP contribution is 2.09. The molecule has 14 heteroatoms. The van der Waals surface area contributed by atoms with Crippen molar-refractivity contribution in [1.29, 1.82) is 0 Å². The lowest BCUT2D eigenvalue weighted by molar-refractivity contribution is -0.143. The predicted molar refractivity (Wildman–Crippen MR) is 137 cm³/mol. The van der Waals surface area contributed by atoms with Gasteiger partial charge in [0.25, 0.3) is 0 Å². The van der Waals surface area contributed by atoms with Crippen molar-refractivity contribution in [3.63, 3.8) is 0 Å². The van der Waals surface area contributed by atoms with Gasteiger partial charge in [-0.3, -0.25) is 24.2 Å². The van der Waals surface area contributed by atoms with Gasteiger partial charge in [0.2, 0.25) is 17.7 Å². The molecule has 0 aliphatic carbocycles. The third-order valence-electron chi connectivity index (χ3n) is 5.24. The molecular formula is C23H43N7O7. The summed E-state index contributed by atoms with van der Waals surface area (Å²) in [4.78, 5) is 65.1. The Kier molecular flexibility index (Phi) is 15.5. The molecule has 0 fully saturated rings. The number of carboxylic acid groups (broad SMARTS) is 2.